The first-order chi connectivity index (χ1) is 8.49. The second kappa shape index (κ2) is 5.67. The van der Waals surface area contributed by atoms with Crippen molar-refractivity contribution in [2.24, 2.45) is 5.73 Å². The molecule has 0 saturated carbocycles. The molecule has 0 bridgehead atoms. The molecule has 0 aliphatic rings. The molecular weight excluding hydrogens is 240 g/mol. The Kier molecular flexibility index (Phi) is 4.25. The number of carbonyl (C=O) groups excluding carboxylic acids is 1. The van der Waals surface area contributed by atoms with Crippen LogP contribution in [-0.4, -0.2) is 25.1 Å². The van der Waals surface area contributed by atoms with Gasteiger partial charge >= 0.3 is 0 Å². The molecule has 1 rings (SSSR count). The van der Waals surface area contributed by atoms with Gasteiger partial charge in [-0.25, -0.2) is 0 Å². The molecule has 0 saturated heterocycles. The molecule has 0 radical (unpaired) electrons. The fraction of sp³-hybridized carbons (Fsp3) is 0.182. The van der Waals surface area contributed by atoms with E-state index in [4.69, 9.17) is 15.2 Å². The Hall–Kier alpha value is -2.57. The molecule has 0 aliphatic heterocycles. The Morgan fingerprint density at radius 3 is 2.33 bits per heavy atom. The van der Waals surface area contributed by atoms with E-state index in [0.29, 0.717) is 5.75 Å². The number of carbonyl (C=O) groups is 1. The van der Waals surface area contributed by atoms with Crippen LogP contribution >= 0.6 is 0 Å². The first-order valence-electron chi connectivity index (χ1n) is 4.87. The molecule has 0 heterocycles. The number of nitrogens with two attached hydrogens (primary N) is 1. The third-order valence-electron chi connectivity index (χ3n) is 2.16. The number of primary amides is 1. The predicted octanol–water partition coefficient (Wildman–Crippen LogP) is 1.11. The van der Waals surface area contributed by atoms with Crippen molar-refractivity contribution in [1.29, 1.82) is 0 Å². The zero-order chi connectivity index (χ0) is 13.7. The van der Waals surface area contributed by atoms with Gasteiger partial charge in [0.2, 0.25) is 5.91 Å². The van der Waals surface area contributed by atoms with Crippen LogP contribution in [0.1, 0.15) is 5.56 Å². The van der Waals surface area contributed by atoms with Crippen molar-refractivity contribution < 1.29 is 19.2 Å². The minimum Gasteiger partial charge on any atom is -0.493 e. The van der Waals surface area contributed by atoms with Gasteiger partial charge in [-0.1, -0.05) is 0 Å². The lowest BCUT2D eigenvalue weighted by Crippen LogP contribution is -2.05. The lowest BCUT2D eigenvalue weighted by molar-refractivity contribution is -0.385. The number of hydrogen-bond acceptors (Lipinski definition) is 5. The maximum absolute atomic E-state index is 10.9. The highest BCUT2D eigenvalue weighted by molar-refractivity contribution is 5.91. The fourth-order valence-corrected chi connectivity index (χ4v) is 1.35. The first kappa shape index (κ1) is 13.5. The zero-order valence-corrected chi connectivity index (χ0v) is 9.88. The summed E-state index contributed by atoms with van der Waals surface area (Å²) >= 11 is 0. The number of ether oxygens (including phenoxy) is 2. The van der Waals surface area contributed by atoms with Crippen LogP contribution in [0.4, 0.5) is 5.69 Å². The quantitative estimate of drug-likeness (QED) is 0.480. The summed E-state index contributed by atoms with van der Waals surface area (Å²) < 4.78 is 9.98. The Labute approximate surface area is 103 Å². The summed E-state index contributed by atoms with van der Waals surface area (Å²) in [5.41, 5.74) is 4.94. The Bertz CT molecular complexity index is 510. The van der Waals surface area contributed by atoms with E-state index in [-0.39, 0.29) is 17.0 Å². The highest BCUT2D eigenvalue weighted by atomic mass is 16.6. The molecule has 7 heteroatoms. The number of nitrogens with zero attached hydrogens (tertiary/aromatic N) is 1. The van der Waals surface area contributed by atoms with Gasteiger partial charge in [-0.3, -0.25) is 14.9 Å². The summed E-state index contributed by atoms with van der Waals surface area (Å²) in [6.07, 6.45) is 2.29. The summed E-state index contributed by atoms with van der Waals surface area (Å²) in [5.74, 6) is -0.133. The number of rotatable bonds is 5. The number of nitro groups is 1. The molecule has 0 fully saturated rings. The van der Waals surface area contributed by atoms with Gasteiger partial charge in [0.15, 0.2) is 11.5 Å². The Morgan fingerprint density at radius 1 is 1.33 bits per heavy atom. The van der Waals surface area contributed by atoms with Gasteiger partial charge in [0.1, 0.15) is 0 Å². The van der Waals surface area contributed by atoms with E-state index >= 15 is 0 Å². The molecule has 1 amide bonds. The smallest absolute Gasteiger partial charge is 0.280 e. The second-order valence-corrected chi connectivity index (χ2v) is 3.26. The van der Waals surface area contributed by atoms with Crippen LogP contribution in [0.5, 0.6) is 11.5 Å². The van der Waals surface area contributed by atoms with E-state index in [2.05, 4.69) is 0 Å². The standard InChI is InChI=1S/C11H12N2O5/c1-17-9-5-7(3-4-11(12)14)8(13(15)16)6-10(9)18-2/h3-6H,1-2H3,(H2,12,14)/b4-3-. The number of nitro benzene ring substituents is 1. The van der Waals surface area contributed by atoms with Crippen LogP contribution in [0, 0.1) is 10.1 Å². The van der Waals surface area contributed by atoms with Gasteiger partial charge in [0.05, 0.1) is 30.8 Å². The minimum absolute atomic E-state index is 0.204. The third-order valence-corrected chi connectivity index (χ3v) is 2.16. The zero-order valence-electron chi connectivity index (χ0n) is 9.88. The molecule has 96 valence electrons. The number of benzene rings is 1. The van der Waals surface area contributed by atoms with Crippen LogP contribution in [0.3, 0.4) is 0 Å². The molecule has 1 aromatic carbocycles. The van der Waals surface area contributed by atoms with Gasteiger partial charge in [-0.05, 0) is 12.1 Å². The highest BCUT2D eigenvalue weighted by Gasteiger charge is 2.17. The summed E-state index contributed by atoms with van der Waals surface area (Å²) in [4.78, 5) is 21.0. The van der Waals surface area contributed by atoms with Crippen molar-refractivity contribution in [2.45, 2.75) is 0 Å². The van der Waals surface area contributed by atoms with Gasteiger partial charge in [0.25, 0.3) is 5.69 Å². The van der Waals surface area contributed by atoms with E-state index < -0.39 is 10.8 Å². The molecule has 0 spiro atoms. The van der Waals surface area contributed by atoms with Crippen molar-refractivity contribution in [1.82, 2.24) is 0 Å². The SMILES string of the molecule is COc1cc(/C=C\C(N)=O)c([N+](=O)[O-])cc1OC. The fourth-order valence-electron chi connectivity index (χ4n) is 1.35. The maximum atomic E-state index is 10.9. The van der Waals surface area contributed by atoms with Gasteiger partial charge in [-0.2, -0.15) is 0 Å². The Morgan fingerprint density at radius 2 is 1.89 bits per heavy atom. The molecule has 0 aromatic heterocycles. The number of methoxy groups -OCH3 is 2. The van der Waals surface area contributed by atoms with Crippen molar-refractivity contribution >= 4 is 17.7 Å². The van der Waals surface area contributed by atoms with Crippen LogP contribution < -0.4 is 15.2 Å². The first-order valence-corrected chi connectivity index (χ1v) is 4.87. The molecule has 0 unspecified atom stereocenters. The van der Waals surface area contributed by atoms with E-state index in [0.717, 1.165) is 6.08 Å². The number of hydrogen-bond donors (Lipinski definition) is 1. The van der Waals surface area contributed by atoms with E-state index in [1.165, 1.54) is 32.4 Å². The van der Waals surface area contributed by atoms with Gasteiger partial charge < -0.3 is 15.2 Å². The molecular formula is C11H12N2O5. The summed E-state index contributed by atoms with van der Waals surface area (Å²) in [6, 6.07) is 2.62. The van der Waals surface area contributed by atoms with Crippen LogP contribution in [0.25, 0.3) is 6.08 Å². The average Bonchev–Trinajstić information content (AvgIpc) is 2.34. The van der Waals surface area contributed by atoms with Crippen molar-refractivity contribution in [3.8, 4) is 11.5 Å². The second-order valence-electron chi connectivity index (χ2n) is 3.26. The normalized spacial score (nSPS) is 10.3. The lowest BCUT2D eigenvalue weighted by atomic mass is 10.1. The highest BCUT2D eigenvalue weighted by Crippen LogP contribution is 2.34. The largest absolute Gasteiger partial charge is 0.493 e. The van der Waals surface area contributed by atoms with Crippen molar-refractivity contribution in [3.63, 3.8) is 0 Å². The van der Waals surface area contributed by atoms with Gasteiger partial charge in [0, 0.05) is 6.08 Å². The molecule has 0 aliphatic carbocycles. The van der Waals surface area contributed by atoms with Crippen molar-refractivity contribution in [2.75, 3.05) is 14.2 Å². The molecule has 1 aromatic rings. The van der Waals surface area contributed by atoms with Crippen LogP contribution in [0.2, 0.25) is 0 Å². The van der Waals surface area contributed by atoms with E-state index in [9.17, 15) is 14.9 Å². The molecule has 2 N–H and O–H groups in total. The monoisotopic (exact) mass is 252 g/mol. The average molecular weight is 252 g/mol. The molecule has 0 atom stereocenters. The van der Waals surface area contributed by atoms with Gasteiger partial charge in [-0.15, -0.1) is 0 Å². The summed E-state index contributed by atoms with van der Waals surface area (Å²) in [5, 5.41) is 10.9. The summed E-state index contributed by atoms with van der Waals surface area (Å²) in [6.45, 7) is 0. The summed E-state index contributed by atoms with van der Waals surface area (Å²) in [7, 11) is 2.78. The predicted molar refractivity (Wildman–Crippen MR) is 64.4 cm³/mol. The van der Waals surface area contributed by atoms with Crippen molar-refractivity contribution in [3.05, 3.63) is 33.9 Å². The lowest BCUT2D eigenvalue weighted by Gasteiger charge is -2.08. The topological polar surface area (TPSA) is 105 Å². The maximum Gasteiger partial charge on any atom is 0.280 e. The molecule has 18 heavy (non-hydrogen) atoms. The Balaban J connectivity index is 3.37. The number of amides is 1. The third kappa shape index (κ3) is 2.97. The van der Waals surface area contributed by atoms with E-state index in [1.54, 1.807) is 0 Å². The van der Waals surface area contributed by atoms with Crippen LogP contribution in [-0.2, 0) is 4.79 Å². The van der Waals surface area contributed by atoms with Crippen LogP contribution in [0.15, 0.2) is 18.2 Å². The minimum atomic E-state index is -0.695. The van der Waals surface area contributed by atoms with E-state index in [1.807, 2.05) is 0 Å². The molecule has 7 nitrogen and oxygen atoms in total.